The fraction of sp³-hybridized carbons (Fsp3) is 0.310. The van der Waals surface area contributed by atoms with E-state index in [9.17, 15) is 4.79 Å². The lowest BCUT2D eigenvalue weighted by atomic mass is 9.56. The summed E-state index contributed by atoms with van der Waals surface area (Å²) >= 11 is 0. The predicted molar refractivity (Wildman–Crippen MR) is 130 cm³/mol. The Labute approximate surface area is 190 Å². The van der Waals surface area contributed by atoms with Crippen LogP contribution >= 0.6 is 0 Å². The lowest BCUT2D eigenvalue weighted by molar-refractivity contribution is -0.126. The number of carbonyl (C=O) groups excluding carboxylic acids is 1. The van der Waals surface area contributed by atoms with Crippen LogP contribution in [0.4, 0.5) is 0 Å². The minimum Gasteiger partial charge on any atom is -0.359 e. The molecule has 3 nitrogen and oxygen atoms in total. The fourth-order valence-corrected chi connectivity index (χ4v) is 6.00. The summed E-state index contributed by atoms with van der Waals surface area (Å²) in [5.41, 5.74) is 3.76. The van der Waals surface area contributed by atoms with E-state index in [-0.39, 0.29) is 17.3 Å². The molecule has 3 aromatic rings. The first-order valence-corrected chi connectivity index (χ1v) is 11.6. The molecule has 0 aromatic heterocycles. The first-order valence-electron chi connectivity index (χ1n) is 11.6. The van der Waals surface area contributed by atoms with Crippen LogP contribution in [0.3, 0.4) is 0 Å². The van der Waals surface area contributed by atoms with Crippen molar-refractivity contribution in [2.45, 2.75) is 24.7 Å². The van der Waals surface area contributed by atoms with Crippen LogP contribution in [0.15, 0.2) is 96.0 Å². The van der Waals surface area contributed by atoms with E-state index in [1.54, 1.807) is 0 Å². The summed E-state index contributed by atoms with van der Waals surface area (Å²) in [4.78, 5) is 20.2. The molecule has 0 N–H and O–H groups in total. The third-order valence-electron chi connectivity index (χ3n) is 7.54. The molecule has 2 aliphatic rings. The van der Waals surface area contributed by atoms with Gasteiger partial charge in [-0.25, -0.2) is 0 Å². The largest absolute Gasteiger partial charge is 0.359 e. The van der Waals surface area contributed by atoms with Gasteiger partial charge in [0.2, 0.25) is 0 Å². The smallest absolute Gasteiger partial charge is 0.138 e. The summed E-state index contributed by atoms with van der Waals surface area (Å²) in [5.74, 6) is 1.77. The number of rotatable bonds is 4. The number of amidine groups is 1. The van der Waals surface area contributed by atoms with Crippen molar-refractivity contribution in [3.05, 3.63) is 108 Å². The second-order valence-electron chi connectivity index (χ2n) is 9.09. The Hall–Kier alpha value is -3.20. The molecule has 2 atom stereocenters. The monoisotopic (exact) mass is 422 g/mol. The van der Waals surface area contributed by atoms with Crippen LogP contribution in [0.5, 0.6) is 0 Å². The van der Waals surface area contributed by atoms with Crippen LogP contribution in [-0.2, 0) is 16.6 Å². The zero-order chi connectivity index (χ0) is 22.0. The molecule has 0 bridgehead atoms. The van der Waals surface area contributed by atoms with Crippen molar-refractivity contribution in [3.8, 4) is 0 Å². The maximum absolute atomic E-state index is 13.2. The van der Waals surface area contributed by atoms with Crippen molar-refractivity contribution in [3.63, 3.8) is 0 Å². The maximum atomic E-state index is 13.2. The summed E-state index contributed by atoms with van der Waals surface area (Å²) in [6.07, 6.45) is 2.30. The molecule has 0 radical (unpaired) electrons. The third-order valence-corrected chi connectivity index (χ3v) is 7.54. The van der Waals surface area contributed by atoms with Gasteiger partial charge < -0.3 is 4.90 Å². The topological polar surface area (TPSA) is 32.7 Å². The molecule has 1 saturated heterocycles. The molecule has 2 unspecified atom stereocenters. The standard InChI is InChI=1S/C29H30N2O/c1-30-28(19-22-11-5-2-6-12-22)31-20-25-26(21-31)29(18-17-27(25)32,23-13-7-3-8-14-23)24-15-9-4-10-16-24/h2-16,25-26H,17-21H2,1H3. The lowest BCUT2D eigenvalue weighted by Crippen LogP contribution is -2.47. The molecule has 1 aliphatic carbocycles. The van der Waals surface area contributed by atoms with E-state index in [0.717, 1.165) is 31.8 Å². The molecule has 0 amide bonds. The molecule has 1 heterocycles. The van der Waals surface area contributed by atoms with Crippen molar-refractivity contribution in [1.82, 2.24) is 4.90 Å². The summed E-state index contributed by atoms with van der Waals surface area (Å²) in [6.45, 7) is 1.63. The van der Waals surface area contributed by atoms with Gasteiger partial charge >= 0.3 is 0 Å². The van der Waals surface area contributed by atoms with Crippen LogP contribution < -0.4 is 0 Å². The molecule has 1 saturated carbocycles. The van der Waals surface area contributed by atoms with E-state index in [0.29, 0.717) is 12.2 Å². The number of benzene rings is 3. The quantitative estimate of drug-likeness (QED) is 0.430. The predicted octanol–water partition coefficient (Wildman–Crippen LogP) is 5.15. The number of aliphatic imine (C=N–C) groups is 1. The van der Waals surface area contributed by atoms with Gasteiger partial charge in [0.15, 0.2) is 0 Å². The van der Waals surface area contributed by atoms with Crippen molar-refractivity contribution >= 4 is 11.6 Å². The lowest BCUT2D eigenvalue weighted by Gasteiger charge is -2.45. The molecule has 2 fully saturated rings. The van der Waals surface area contributed by atoms with Gasteiger partial charge in [-0.15, -0.1) is 0 Å². The normalized spacial score (nSPS) is 22.6. The van der Waals surface area contributed by atoms with Crippen LogP contribution in [0.25, 0.3) is 0 Å². The van der Waals surface area contributed by atoms with Gasteiger partial charge in [0.05, 0.1) is 0 Å². The zero-order valence-corrected chi connectivity index (χ0v) is 18.7. The number of Topliss-reactive ketones (excluding diaryl/α,β-unsaturated/α-hetero) is 1. The highest BCUT2D eigenvalue weighted by atomic mass is 16.1. The van der Waals surface area contributed by atoms with Gasteiger partial charge in [-0.05, 0) is 23.1 Å². The average molecular weight is 423 g/mol. The Bertz CT molecular complexity index is 1050. The van der Waals surface area contributed by atoms with Crippen LogP contribution in [0, 0.1) is 11.8 Å². The highest BCUT2D eigenvalue weighted by Gasteiger charge is 2.54. The molecule has 0 spiro atoms. The SMILES string of the molecule is CN=C(Cc1ccccc1)N1CC2C(=O)CCC(c3ccccc3)(c3ccccc3)C2C1. The van der Waals surface area contributed by atoms with Gasteiger partial charge in [-0.3, -0.25) is 9.79 Å². The number of fused-ring (bicyclic) bond motifs is 1. The van der Waals surface area contributed by atoms with Crippen molar-refractivity contribution < 1.29 is 4.79 Å². The van der Waals surface area contributed by atoms with Gasteiger partial charge in [0, 0.05) is 50.2 Å². The summed E-state index contributed by atoms with van der Waals surface area (Å²) < 4.78 is 0. The second-order valence-corrected chi connectivity index (χ2v) is 9.09. The summed E-state index contributed by atoms with van der Waals surface area (Å²) in [5, 5.41) is 0. The molecular weight excluding hydrogens is 392 g/mol. The molecule has 1 aliphatic heterocycles. The molecule has 3 aromatic carbocycles. The molecular formula is C29H30N2O. The van der Waals surface area contributed by atoms with E-state index in [2.05, 4.69) is 94.8 Å². The van der Waals surface area contributed by atoms with Crippen molar-refractivity contribution in [2.75, 3.05) is 20.1 Å². The fourth-order valence-electron chi connectivity index (χ4n) is 6.00. The molecule has 3 heteroatoms. The molecule has 162 valence electrons. The van der Waals surface area contributed by atoms with E-state index in [4.69, 9.17) is 0 Å². The number of hydrogen-bond donors (Lipinski definition) is 0. The second kappa shape index (κ2) is 8.74. The number of ketones is 1. The third kappa shape index (κ3) is 3.56. The maximum Gasteiger partial charge on any atom is 0.138 e. The summed E-state index contributed by atoms with van der Waals surface area (Å²) in [6, 6.07) is 32.2. The van der Waals surface area contributed by atoms with E-state index >= 15 is 0 Å². The Morgan fingerprint density at radius 3 is 2.00 bits per heavy atom. The number of carbonyl (C=O) groups is 1. The van der Waals surface area contributed by atoms with Crippen molar-refractivity contribution in [2.24, 2.45) is 16.8 Å². The first kappa shape index (κ1) is 20.7. The van der Waals surface area contributed by atoms with E-state index < -0.39 is 0 Å². The van der Waals surface area contributed by atoms with Crippen LogP contribution in [0.1, 0.15) is 29.5 Å². The zero-order valence-electron chi connectivity index (χ0n) is 18.7. The van der Waals surface area contributed by atoms with E-state index in [1.807, 2.05) is 13.1 Å². The highest BCUT2D eigenvalue weighted by Crippen LogP contribution is 2.52. The van der Waals surface area contributed by atoms with E-state index in [1.165, 1.54) is 16.7 Å². The minimum absolute atomic E-state index is 0.0386. The molecule has 32 heavy (non-hydrogen) atoms. The molecule has 5 rings (SSSR count). The van der Waals surface area contributed by atoms with Gasteiger partial charge in [-0.2, -0.15) is 0 Å². The first-order chi connectivity index (χ1) is 15.7. The average Bonchev–Trinajstić information content (AvgIpc) is 3.31. The number of likely N-dealkylation sites (tertiary alicyclic amines) is 1. The van der Waals surface area contributed by atoms with Gasteiger partial charge in [0.1, 0.15) is 11.6 Å². The van der Waals surface area contributed by atoms with Crippen LogP contribution in [-0.4, -0.2) is 36.7 Å². The van der Waals surface area contributed by atoms with Gasteiger partial charge in [-0.1, -0.05) is 91.0 Å². The van der Waals surface area contributed by atoms with Crippen molar-refractivity contribution in [1.29, 1.82) is 0 Å². The number of nitrogens with zero attached hydrogens (tertiary/aromatic N) is 2. The van der Waals surface area contributed by atoms with Crippen LogP contribution in [0.2, 0.25) is 0 Å². The van der Waals surface area contributed by atoms with Gasteiger partial charge in [0.25, 0.3) is 0 Å². The number of hydrogen-bond acceptors (Lipinski definition) is 2. The minimum atomic E-state index is -0.151. The summed E-state index contributed by atoms with van der Waals surface area (Å²) in [7, 11) is 1.88. The Morgan fingerprint density at radius 1 is 0.875 bits per heavy atom. The Morgan fingerprint density at radius 2 is 1.44 bits per heavy atom. The Kier molecular flexibility index (Phi) is 5.65. The highest BCUT2D eigenvalue weighted by molar-refractivity contribution is 5.88. The Balaban J connectivity index is 1.54.